The first-order valence-corrected chi connectivity index (χ1v) is 17.3. The molecule has 1 aliphatic rings. The molecule has 2 amide bonds. The van der Waals surface area contributed by atoms with Crippen LogP contribution < -0.4 is 14.4 Å². The molecule has 0 radical (unpaired) electrons. The molecule has 0 bridgehead atoms. The first-order chi connectivity index (χ1) is 22.6. The normalized spacial score (nSPS) is 14.2. The van der Waals surface area contributed by atoms with Crippen LogP contribution >= 0.6 is 0 Å². The highest BCUT2D eigenvalue weighted by atomic mass is 32.2. The first-order valence-electron chi connectivity index (χ1n) is 15.9. The van der Waals surface area contributed by atoms with Crippen LogP contribution in [0.15, 0.2) is 108 Å². The number of amides is 2. The van der Waals surface area contributed by atoms with Crippen molar-refractivity contribution in [2.75, 3.05) is 10.8 Å². The van der Waals surface area contributed by atoms with E-state index in [-0.39, 0.29) is 34.6 Å². The Kier molecular flexibility index (Phi) is 10.9. The number of benzene rings is 4. The van der Waals surface area contributed by atoms with Crippen LogP contribution in [0.4, 0.5) is 10.1 Å². The molecule has 0 aliphatic heterocycles. The summed E-state index contributed by atoms with van der Waals surface area (Å²) in [5.74, 6) is -0.447. The van der Waals surface area contributed by atoms with Gasteiger partial charge in [-0.05, 0) is 81.3 Å². The van der Waals surface area contributed by atoms with Crippen LogP contribution in [-0.2, 0) is 26.2 Å². The van der Waals surface area contributed by atoms with Crippen LogP contribution in [0, 0.1) is 12.7 Å². The number of hydrogen-bond acceptors (Lipinski definition) is 5. The van der Waals surface area contributed by atoms with Gasteiger partial charge >= 0.3 is 0 Å². The van der Waals surface area contributed by atoms with Gasteiger partial charge in [-0.1, -0.05) is 73.4 Å². The van der Waals surface area contributed by atoms with Crippen molar-refractivity contribution in [2.45, 2.75) is 69.5 Å². The topological polar surface area (TPSA) is 96.0 Å². The zero-order chi connectivity index (χ0) is 33.4. The summed E-state index contributed by atoms with van der Waals surface area (Å²) in [6.45, 7) is 2.60. The first kappa shape index (κ1) is 33.7. The highest BCUT2D eigenvalue weighted by molar-refractivity contribution is 7.92. The van der Waals surface area contributed by atoms with Crippen LogP contribution in [0.2, 0.25) is 0 Å². The Labute approximate surface area is 276 Å². The Balaban J connectivity index is 1.47. The van der Waals surface area contributed by atoms with Crippen molar-refractivity contribution in [2.24, 2.45) is 0 Å². The number of rotatable bonds is 12. The van der Waals surface area contributed by atoms with Gasteiger partial charge in [-0.25, -0.2) is 12.8 Å². The van der Waals surface area contributed by atoms with Crippen LogP contribution in [0.5, 0.6) is 11.5 Å². The molecule has 1 unspecified atom stereocenters. The Morgan fingerprint density at radius 2 is 1.47 bits per heavy atom. The molecule has 0 aromatic heterocycles. The largest absolute Gasteiger partial charge is 0.457 e. The van der Waals surface area contributed by atoms with E-state index in [9.17, 15) is 22.4 Å². The monoisotopic (exact) mass is 657 g/mol. The lowest BCUT2D eigenvalue weighted by atomic mass is 9.95. The average Bonchev–Trinajstić information content (AvgIpc) is 3.08. The fraction of sp³-hybridized carbons (Fsp3) is 0.297. The number of carbonyl (C=O) groups is 2. The molecule has 47 heavy (non-hydrogen) atoms. The van der Waals surface area contributed by atoms with Gasteiger partial charge in [0, 0.05) is 18.2 Å². The average molecular weight is 658 g/mol. The zero-order valence-corrected chi connectivity index (χ0v) is 27.5. The molecule has 246 valence electrons. The number of hydrogen-bond donors (Lipinski definition) is 1. The lowest BCUT2D eigenvalue weighted by molar-refractivity contribution is -0.139. The predicted molar refractivity (Wildman–Crippen MR) is 180 cm³/mol. The molecule has 1 N–H and O–H groups in total. The predicted octanol–water partition coefficient (Wildman–Crippen LogP) is 6.99. The van der Waals surface area contributed by atoms with Gasteiger partial charge in [-0.2, -0.15) is 0 Å². The number of aryl methyl sites for hydroxylation is 1. The second-order valence-electron chi connectivity index (χ2n) is 11.9. The third-order valence-corrected chi connectivity index (χ3v) is 10.2. The second kappa shape index (κ2) is 15.3. The van der Waals surface area contributed by atoms with E-state index in [1.54, 1.807) is 73.7 Å². The molecule has 1 saturated carbocycles. The third-order valence-electron chi connectivity index (χ3n) is 8.41. The molecule has 0 saturated heterocycles. The van der Waals surface area contributed by atoms with Gasteiger partial charge in [0.05, 0.1) is 10.6 Å². The standard InChI is InChI=1S/C37H40FN3O5S/c1-27-17-23-34(24-18-27)47(44,45)41(31-19-21-33(22-20-31)46-32-14-7-4-8-15-32)26-36(42)40(25-29-11-9-10-16-35(29)38)28(2)37(43)39-30-12-5-3-6-13-30/h4,7-11,14-24,28,30H,3,5-6,12-13,25-26H2,1-2H3,(H,39,43). The fourth-order valence-electron chi connectivity index (χ4n) is 5.63. The Morgan fingerprint density at radius 1 is 0.851 bits per heavy atom. The summed E-state index contributed by atoms with van der Waals surface area (Å²) in [4.78, 5) is 29.0. The number of sulfonamides is 1. The number of nitrogens with zero attached hydrogens (tertiary/aromatic N) is 2. The van der Waals surface area contributed by atoms with Crippen LogP contribution in [-0.4, -0.2) is 43.8 Å². The molecule has 5 rings (SSSR count). The molecular formula is C37H40FN3O5S. The van der Waals surface area contributed by atoms with Crippen molar-refractivity contribution < 1.29 is 27.1 Å². The van der Waals surface area contributed by atoms with Gasteiger partial charge in [-0.3, -0.25) is 13.9 Å². The van der Waals surface area contributed by atoms with E-state index in [2.05, 4.69) is 5.32 Å². The van der Waals surface area contributed by atoms with Crippen LogP contribution in [0.1, 0.15) is 50.2 Å². The molecule has 0 heterocycles. The van der Waals surface area contributed by atoms with Crippen molar-refractivity contribution in [3.8, 4) is 11.5 Å². The summed E-state index contributed by atoms with van der Waals surface area (Å²) in [5, 5.41) is 3.05. The lowest BCUT2D eigenvalue weighted by Gasteiger charge is -2.33. The van der Waals surface area contributed by atoms with Crippen molar-refractivity contribution in [3.63, 3.8) is 0 Å². The van der Waals surface area contributed by atoms with E-state index in [0.29, 0.717) is 11.5 Å². The van der Waals surface area contributed by atoms with E-state index in [0.717, 1.165) is 42.0 Å². The molecule has 0 spiro atoms. The van der Waals surface area contributed by atoms with Gasteiger partial charge in [-0.15, -0.1) is 0 Å². The van der Waals surface area contributed by atoms with Gasteiger partial charge in [0.25, 0.3) is 10.0 Å². The summed E-state index contributed by atoms with van der Waals surface area (Å²) in [6.07, 6.45) is 4.85. The van der Waals surface area contributed by atoms with Gasteiger partial charge < -0.3 is 15.0 Å². The van der Waals surface area contributed by atoms with Crippen molar-refractivity contribution >= 4 is 27.5 Å². The summed E-state index contributed by atoms with van der Waals surface area (Å²) >= 11 is 0. The highest BCUT2D eigenvalue weighted by Crippen LogP contribution is 2.29. The minimum atomic E-state index is -4.25. The molecule has 1 atom stereocenters. The minimum Gasteiger partial charge on any atom is -0.457 e. The van der Waals surface area contributed by atoms with Crippen LogP contribution in [0.3, 0.4) is 0 Å². The smallest absolute Gasteiger partial charge is 0.264 e. The Bertz CT molecular complexity index is 1760. The number of halogens is 1. The maximum atomic E-state index is 14.9. The summed E-state index contributed by atoms with van der Waals surface area (Å²) in [5.41, 5.74) is 1.32. The maximum Gasteiger partial charge on any atom is 0.264 e. The number of nitrogens with one attached hydrogen (secondary N) is 1. The molecule has 1 fully saturated rings. The van der Waals surface area contributed by atoms with Crippen molar-refractivity contribution in [1.82, 2.24) is 10.2 Å². The Morgan fingerprint density at radius 3 is 2.13 bits per heavy atom. The minimum absolute atomic E-state index is 0.000790. The summed E-state index contributed by atoms with van der Waals surface area (Å²) in [7, 11) is -4.25. The number of carbonyl (C=O) groups excluding carboxylic acids is 2. The van der Waals surface area contributed by atoms with E-state index >= 15 is 0 Å². The molecule has 1 aliphatic carbocycles. The van der Waals surface area contributed by atoms with Crippen molar-refractivity contribution in [1.29, 1.82) is 0 Å². The maximum absolute atomic E-state index is 14.9. The number of anilines is 1. The zero-order valence-electron chi connectivity index (χ0n) is 26.6. The van der Waals surface area contributed by atoms with E-state index in [1.165, 1.54) is 23.1 Å². The molecule has 8 nitrogen and oxygen atoms in total. The third kappa shape index (κ3) is 8.56. The molecule has 4 aromatic carbocycles. The number of ether oxygens (including phenoxy) is 1. The summed E-state index contributed by atoms with van der Waals surface area (Å²) in [6, 6.07) is 27.0. The van der Waals surface area contributed by atoms with Gasteiger partial charge in [0.2, 0.25) is 11.8 Å². The van der Waals surface area contributed by atoms with E-state index < -0.39 is 34.3 Å². The fourth-order valence-corrected chi connectivity index (χ4v) is 7.05. The van der Waals surface area contributed by atoms with Gasteiger partial charge in [0.1, 0.15) is 29.9 Å². The van der Waals surface area contributed by atoms with E-state index in [1.807, 2.05) is 25.1 Å². The van der Waals surface area contributed by atoms with Gasteiger partial charge in [0.15, 0.2) is 0 Å². The Hall–Kier alpha value is -4.70. The van der Waals surface area contributed by atoms with Crippen LogP contribution in [0.25, 0.3) is 0 Å². The SMILES string of the molecule is Cc1ccc(S(=O)(=O)N(CC(=O)N(Cc2ccccc2F)C(C)C(=O)NC2CCCCC2)c2ccc(Oc3ccccc3)cc2)cc1. The molecule has 4 aromatic rings. The van der Waals surface area contributed by atoms with Crippen molar-refractivity contribution in [3.05, 3.63) is 120 Å². The highest BCUT2D eigenvalue weighted by Gasteiger charge is 2.33. The quantitative estimate of drug-likeness (QED) is 0.177. The lowest BCUT2D eigenvalue weighted by Crippen LogP contribution is -2.53. The summed E-state index contributed by atoms with van der Waals surface area (Å²) < 4.78 is 50.1. The molecular weight excluding hydrogens is 617 g/mol. The second-order valence-corrected chi connectivity index (χ2v) is 13.7. The number of para-hydroxylation sites is 1. The molecule has 10 heteroatoms. The van der Waals surface area contributed by atoms with E-state index in [4.69, 9.17) is 4.74 Å².